The van der Waals surface area contributed by atoms with E-state index in [9.17, 15) is 4.79 Å². The van der Waals surface area contributed by atoms with Crippen molar-refractivity contribution < 1.29 is 9.90 Å². The quantitative estimate of drug-likeness (QED) is 0.585. The molecule has 70 valence electrons. The Balaban J connectivity index is 2.35. The maximum Gasteiger partial charge on any atom is 0.233 e. The van der Waals surface area contributed by atoms with Crippen LogP contribution in [0.1, 0.15) is 12.8 Å². The fraction of sp³-hybridized carbons (Fsp3) is 0.875. The van der Waals surface area contributed by atoms with Crippen molar-refractivity contribution in [3.8, 4) is 0 Å². The van der Waals surface area contributed by atoms with E-state index in [0.29, 0.717) is 6.54 Å². The van der Waals surface area contributed by atoms with Crippen molar-refractivity contribution in [2.45, 2.75) is 18.9 Å². The van der Waals surface area contributed by atoms with Gasteiger partial charge in [0.2, 0.25) is 5.91 Å². The maximum absolute atomic E-state index is 11.0. The molecule has 0 saturated carbocycles. The third-order valence-electron chi connectivity index (χ3n) is 2.34. The minimum Gasteiger partial charge on any atom is -0.395 e. The molecule has 12 heavy (non-hydrogen) atoms. The molecular formula is C8H16N2O2. The molecule has 0 unspecified atom stereocenters. The molecule has 0 aromatic heterocycles. The Morgan fingerprint density at radius 2 is 2.50 bits per heavy atom. The van der Waals surface area contributed by atoms with Crippen molar-refractivity contribution in [1.82, 2.24) is 10.2 Å². The molecule has 0 radical (unpaired) electrons. The van der Waals surface area contributed by atoms with Crippen LogP contribution < -0.4 is 5.32 Å². The number of rotatable bonds is 3. The largest absolute Gasteiger partial charge is 0.395 e. The first-order valence-corrected chi connectivity index (χ1v) is 4.33. The van der Waals surface area contributed by atoms with Gasteiger partial charge >= 0.3 is 0 Å². The molecule has 1 aliphatic rings. The summed E-state index contributed by atoms with van der Waals surface area (Å²) in [4.78, 5) is 13.0. The fourth-order valence-electron chi connectivity index (χ4n) is 1.57. The number of hydrogen-bond acceptors (Lipinski definition) is 3. The number of nitrogens with zero attached hydrogens (tertiary/aromatic N) is 1. The SMILES string of the molecule is CNC(=O)CN1CCC[C@@H]1CO. The van der Waals surface area contributed by atoms with E-state index in [2.05, 4.69) is 5.32 Å². The number of amides is 1. The van der Waals surface area contributed by atoms with Crippen molar-refractivity contribution in [3.63, 3.8) is 0 Å². The van der Waals surface area contributed by atoms with Gasteiger partial charge in [-0.25, -0.2) is 0 Å². The number of nitrogens with one attached hydrogen (secondary N) is 1. The number of aliphatic hydroxyl groups is 1. The molecule has 1 rings (SSSR count). The molecular weight excluding hydrogens is 156 g/mol. The van der Waals surface area contributed by atoms with Gasteiger partial charge in [-0.1, -0.05) is 0 Å². The molecule has 0 spiro atoms. The van der Waals surface area contributed by atoms with E-state index in [1.807, 2.05) is 4.90 Å². The van der Waals surface area contributed by atoms with Crippen LogP contribution in [0.25, 0.3) is 0 Å². The number of carbonyl (C=O) groups is 1. The normalized spacial score (nSPS) is 24.3. The molecule has 1 saturated heterocycles. The molecule has 1 aliphatic heterocycles. The Bertz CT molecular complexity index is 161. The van der Waals surface area contributed by atoms with E-state index >= 15 is 0 Å². The van der Waals surface area contributed by atoms with Gasteiger partial charge < -0.3 is 10.4 Å². The highest BCUT2D eigenvalue weighted by Gasteiger charge is 2.24. The summed E-state index contributed by atoms with van der Waals surface area (Å²) in [6.07, 6.45) is 2.09. The first-order chi connectivity index (χ1) is 5.77. The lowest BCUT2D eigenvalue weighted by Crippen LogP contribution is -2.40. The fourth-order valence-corrected chi connectivity index (χ4v) is 1.57. The van der Waals surface area contributed by atoms with Crippen LogP contribution in [0.4, 0.5) is 0 Å². The van der Waals surface area contributed by atoms with Gasteiger partial charge in [0.25, 0.3) is 0 Å². The van der Waals surface area contributed by atoms with Crippen molar-refractivity contribution in [1.29, 1.82) is 0 Å². The molecule has 0 aromatic rings. The molecule has 2 N–H and O–H groups in total. The lowest BCUT2D eigenvalue weighted by Gasteiger charge is -2.21. The summed E-state index contributed by atoms with van der Waals surface area (Å²) in [7, 11) is 1.63. The van der Waals surface area contributed by atoms with Crippen molar-refractivity contribution in [2.24, 2.45) is 0 Å². The third-order valence-corrected chi connectivity index (χ3v) is 2.34. The number of hydrogen-bond donors (Lipinski definition) is 2. The molecule has 0 aromatic carbocycles. The average Bonchev–Trinajstić information content (AvgIpc) is 2.51. The summed E-state index contributed by atoms with van der Waals surface area (Å²) in [6.45, 7) is 1.51. The van der Waals surface area contributed by atoms with Crippen molar-refractivity contribution in [3.05, 3.63) is 0 Å². The molecule has 1 amide bonds. The van der Waals surface area contributed by atoms with Gasteiger partial charge in [-0.15, -0.1) is 0 Å². The second kappa shape index (κ2) is 4.42. The van der Waals surface area contributed by atoms with Gasteiger partial charge in [0.05, 0.1) is 13.2 Å². The molecule has 1 heterocycles. The first-order valence-electron chi connectivity index (χ1n) is 4.33. The summed E-state index contributed by atoms with van der Waals surface area (Å²) in [6, 6.07) is 0.197. The zero-order chi connectivity index (χ0) is 8.97. The van der Waals surface area contributed by atoms with E-state index in [0.717, 1.165) is 19.4 Å². The minimum absolute atomic E-state index is 0.0235. The van der Waals surface area contributed by atoms with E-state index in [1.54, 1.807) is 7.05 Å². The summed E-state index contributed by atoms with van der Waals surface area (Å²) in [5, 5.41) is 11.5. The summed E-state index contributed by atoms with van der Waals surface area (Å²) >= 11 is 0. The van der Waals surface area contributed by atoms with Gasteiger partial charge in [-0.3, -0.25) is 9.69 Å². The number of aliphatic hydroxyl groups excluding tert-OH is 1. The second-order valence-corrected chi connectivity index (χ2v) is 3.12. The second-order valence-electron chi connectivity index (χ2n) is 3.12. The van der Waals surface area contributed by atoms with Gasteiger partial charge in [0.15, 0.2) is 0 Å². The van der Waals surface area contributed by atoms with Gasteiger partial charge in [-0.2, -0.15) is 0 Å². The smallest absolute Gasteiger partial charge is 0.233 e. The Hall–Kier alpha value is -0.610. The average molecular weight is 172 g/mol. The lowest BCUT2D eigenvalue weighted by molar-refractivity contribution is -0.122. The van der Waals surface area contributed by atoms with Crippen LogP contribution in [0.5, 0.6) is 0 Å². The molecule has 4 heteroatoms. The van der Waals surface area contributed by atoms with Crippen molar-refractivity contribution >= 4 is 5.91 Å². The summed E-state index contributed by atoms with van der Waals surface area (Å²) in [5.41, 5.74) is 0. The summed E-state index contributed by atoms with van der Waals surface area (Å²) in [5.74, 6) is 0.0235. The number of likely N-dealkylation sites (tertiary alicyclic amines) is 1. The van der Waals surface area contributed by atoms with Crippen LogP contribution >= 0.6 is 0 Å². The topological polar surface area (TPSA) is 52.6 Å². The van der Waals surface area contributed by atoms with Gasteiger partial charge in [0, 0.05) is 13.1 Å². The van der Waals surface area contributed by atoms with E-state index in [1.165, 1.54) is 0 Å². The van der Waals surface area contributed by atoms with Gasteiger partial charge in [0.1, 0.15) is 0 Å². The minimum atomic E-state index is 0.0235. The van der Waals surface area contributed by atoms with Gasteiger partial charge in [-0.05, 0) is 19.4 Å². The zero-order valence-corrected chi connectivity index (χ0v) is 7.42. The highest BCUT2D eigenvalue weighted by molar-refractivity contribution is 5.77. The molecule has 1 atom stereocenters. The maximum atomic E-state index is 11.0. The highest BCUT2D eigenvalue weighted by Crippen LogP contribution is 2.15. The van der Waals surface area contributed by atoms with Crippen LogP contribution in [-0.4, -0.2) is 48.7 Å². The molecule has 0 aliphatic carbocycles. The highest BCUT2D eigenvalue weighted by atomic mass is 16.3. The van der Waals surface area contributed by atoms with E-state index in [4.69, 9.17) is 5.11 Å². The Morgan fingerprint density at radius 3 is 3.08 bits per heavy atom. The molecule has 0 bridgehead atoms. The van der Waals surface area contributed by atoms with Crippen LogP contribution in [0, 0.1) is 0 Å². The lowest BCUT2D eigenvalue weighted by atomic mass is 10.2. The number of carbonyl (C=O) groups excluding carboxylic acids is 1. The summed E-state index contributed by atoms with van der Waals surface area (Å²) < 4.78 is 0. The van der Waals surface area contributed by atoms with Crippen molar-refractivity contribution in [2.75, 3.05) is 26.7 Å². The molecule has 1 fully saturated rings. The Morgan fingerprint density at radius 1 is 1.75 bits per heavy atom. The van der Waals surface area contributed by atoms with Crippen LogP contribution in [0.15, 0.2) is 0 Å². The zero-order valence-electron chi connectivity index (χ0n) is 7.42. The third kappa shape index (κ3) is 2.19. The first kappa shape index (κ1) is 9.48. The number of likely N-dealkylation sites (N-methyl/N-ethyl adjacent to an activating group) is 1. The predicted octanol–water partition coefficient (Wildman–Crippen LogP) is -0.811. The van der Waals surface area contributed by atoms with E-state index in [-0.39, 0.29) is 18.6 Å². The standard InChI is InChI=1S/C8H16N2O2/c1-9-8(12)5-10-4-2-3-7(10)6-11/h7,11H,2-6H2,1H3,(H,9,12)/t7-/m1/s1. The van der Waals surface area contributed by atoms with Crippen LogP contribution in [0.3, 0.4) is 0 Å². The Labute approximate surface area is 72.6 Å². The Kier molecular flexibility index (Phi) is 3.49. The monoisotopic (exact) mass is 172 g/mol. The van der Waals surface area contributed by atoms with Crippen LogP contribution in [0.2, 0.25) is 0 Å². The molecule has 4 nitrogen and oxygen atoms in total. The van der Waals surface area contributed by atoms with Crippen LogP contribution in [-0.2, 0) is 4.79 Å². The predicted molar refractivity (Wildman–Crippen MR) is 45.7 cm³/mol. The van der Waals surface area contributed by atoms with E-state index < -0.39 is 0 Å².